The van der Waals surface area contributed by atoms with Gasteiger partial charge in [0.15, 0.2) is 17.9 Å². The average molecular weight is 1670 g/mol. The van der Waals surface area contributed by atoms with Crippen LogP contribution in [0.3, 0.4) is 0 Å². The van der Waals surface area contributed by atoms with Gasteiger partial charge in [0, 0.05) is 62.8 Å². The maximum atomic E-state index is 14.7. The molecular weight excluding hydrogens is 1550 g/mol. The van der Waals surface area contributed by atoms with Crippen molar-refractivity contribution in [3.63, 3.8) is 0 Å². The van der Waals surface area contributed by atoms with Gasteiger partial charge in [0.1, 0.15) is 79.0 Å². The van der Waals surface area contributed by atoms with Gasteiger partial charge in [-0.05, 0) is 123 Å². The van der Waals surface area contributed by atoms with Gasteiger partial charge in [-0.15, -0.1) is 0 Å². The monoisotopic (exact) mass is 1670 g/mol. The third kappa shape index (κ3) is 36.9. The van der Waals surface area contributed by atoms with E-state index in [9.17, 15) is 92.3 Å². The Hall–Kier alpha value is -12.0. The van der Waals surface area contributed by atoms with Gasteiger partial charge in [0.05, 0.1) is 44.6 Å². The Kier molecular flexibility index (Phi) is 45.3. The number of likely N-dealkylation sites (tertiary alicyclic amines) is 1. The van der Waals surface area contributed by atoms with Crippen molar-refractivity contribution in [3.8, 4) is 0 Å². The fourth-order valence-corrected chi connectivity index (χ4v) is 11.8. The summed E-state index contributed by atoms with van der Waals surface area (Å²) in [4.78, 5) is 233. The molecule has 0 saturated carbocycles. The third-order valence-electron chi connectivity index (χ3n) is 18.2. The molecular formula is C69H120N30O19. The molecule has 14 amide bonds. The van der Waals surface area contributed by atoms with E-state index in [4.69, 9.17) is 51.6 Å². The number of aromatic amines is 2. The van der Waals surface area contributed by atoms with E-state index in [0.717, 1.165) is 6.92 Å². The molecule has 2 aromatic rings. The number of nitrogens with two attached hydrogens (primary N) is 9. The predicted octanol–water partition coefficient (Wildman–Crippen LogP) is -12.7. The second-order valence-electron chi connectivity index (χ2n) is 28.2. The highest BCUT2D eigenvalue weighted by atomic mass is 16.4. The summed E-state index contributed by atoms with van der Waals surface area (Å²) in [5.74, 6) is -16.1. The first-order chi connectivity index (χ1) is 55.9. The van der Waals surface area contributed by atoms with E-state index in [0.29, 0.717) is 24.2 Å². The molecule has 0 radical (unpaired) electrons. The van der Waals surface area contributed by atoms with Crippen LogP contribution in [0.15, 0.2) is 40.0 Å². The van der Waals surface area contributed by atoms with Crippen LogP contribution >= 0.6 is 0 Å². The zero-order valence-electron chi connectivity index (χ0n) is 66.6. The van der Waals surface area contributed by atoms with Crippen molar-refractivity contribution < 1.29 is 92.3 Å². The van der Waals surface area contributed by atoms with Crippen LogP contribution in [0.25, 0.3) is 0 Å². The van der Waals surface area contributed by atoms with Crippen LogP contribution in [0.1, 0.15) is 129 Å². The number of carbonyl (C=O) groups excluding carboxylic acids is 14. The number of imidazole rings is 2. The van der Waals surface area contributed by atoms with Crippen LogP contribution in [-0.2, 0) is 84.8 Å². The molecule has 118 heavy (non-hydrogen) atoms. The lowest BCUT2D eigenvalue weighted by Crippen LogP contribution is -2.61. The first-order valence-corrected chi connectivity index (χ1v) is 38.5. The molecule has 0 bridgehead atoms. The minimum absolute atomic E-state index is 0.0159. The van der Waals surface area contributed by atoms with Gasteiger partial charge >= 0.3 is 5.97 Å². The number of nitrogens with zero attached hydrogens (tertiary/aromatic N) is 6. The summed E-state index contributed by atoms with van der Waals surface area (Å²) in [7, 11) is 0. The lowest BCUT2D eigenvalue weighted by molar-refractivity contribution is -0.143. The number of carboxylic acids is 1. The summed E-state index contributed by atoms with van der Waals surface area (Å²) >= 11 is 0. The van der Waals surface area contributed by atoms with Gasteiger partial charge in [0.2, 0.25) is 82.7 Å². The average Bonchev–Trinajstić information content (AvgIpc) is 1.65. The number of aliphatic carboxylic acids is 1. The Morgan fingerprint density at radius 3 is 1.34 bits per heavy atom. The van der Waals surface area contributed by atoms with Crippen LogP contribution in [0.4, 0.5) is 0 Å². The van der Waals surface area contributed by atoms with Gasteiger partial charge in [-0.1, -0.05) is 13.8 Å². The molecule has 0 aliphatic carbocycles. The summed E-state index contributed by atoms with van der Waals surface area (Å²) in [6.45, 7) is 2.21. The normalized spacial score (nSPS) is 15.7. The molecule has 1 fully saturated rings. The summed E-state index contributed by atoms with van der Waals surface area (Å²) in [6.07, 6.45) is 4.59. The summed E-state index contributed by atoms with van der Waals surface area (Å²) in [5.41, 5.74) is 51.3. The SMILES string of the molecule is CC(C)[C@H](NC(=O)[C@@H]1CCCN1C(=O)[C@H](CCCN=C(N)N)NC(=O)[C@H](CO)NC(=O)[C@H](CCCCN)NC(=O)[C@H](C)NC(=O)[C@H](Cc1cnc[nH]1)NC(=O)CNC(=O)[C@H](CCCN=C(N)N)NC(=O)[C@H](CCCCN)NC(=O)[C@@H](NC(=O)[C@H](CO)NC(=O)[C@@H](N)Cc1cnc[nH]1)[C@@H](C)O)C(=O)N[C@@H](CCCN=C(N)N)C(=O)NCC(=O)O. The largest absolute Gasteiger partial charge is 0.480 e. The predicted molar refractivity (Wildman–Crippen MR) is 424 cm³/mol. The molecule has 660 valence electrons. The molecule has 1 aliphatic rings. The maximum absolute atomic E-state index is 14.7. The molecule has 3 heterocycles. The maximum Gasteiger partial charge on any atom is 0.322 e. The van der Waals surface area contributed by atoms with E-state index in [1.54, 1.807) is 13.8 Å². The highest BCUT2D eigenvalue weighted by molar-refractivity contribution is 6.00. The molecule has 49 nitrogen and oxygen atoms in total. The van der Waals surface area contributed by atoms with Crippen LogP contribution in [-0.4, -0.2) is 302 Å². The van der Waals surface area contributed by atoms with Gasteiger partial charge in [-0.3, -0.25) is 86.9 Å². The van der Waals surface area contributed by atoms with Gasteiger partial charge in [-0.2, -0.15) is 0 Å². The molecule has 0 aromatic carbocycles. The molecule has 1 saturated heterocycles. The number of H-pyrrole nitrogens is 2. The molecule has 0 unspecified atom stereocenters. The van der Waals surface area contributed by atoms with Crippen molar-refractivity contribution in [2.24, 2.45) is 72.5 Å². The molecule has 49 heteroatoms. The van der Waals surface area contributed by atoms with Crippen molar-refractivity contribution in [2.45, 2.75) is 215 Å². The molecule has 14 atom stereocenters. The number of amides is 14. The number of hydrogen-bond acceptors (Lipinski definition) is 26. The van der Waals surface area contributed by atoms with Crippen molar-refractivity contribution in [2.75, 3.05) is 65.6 Å². The first-order valence-electron chi connectivity index (χ1n) is 38.5. The first kappa shape index (κ1) is 100. The quantitative estimate of drug-likeness (QED) is 0.0166. The highest BCUT2D eigenvalue weighted by Crippen LogP contribution is 2.22. The van der Waals surface area contributed by atoms with Crippen LogP contribution in [0.2, 0.25) is 0 Å². The number of rotatable bonds is 56. The number of aliphatic hydroxyl groups is 3. The number of guanidine groups is 3. The number of aliphatic imine (C=N–C) groups is 3. The van der Waals surface area contributed by atoms with E-state index >= 15 is 0 Å². The minimum Gasteiger partial charge on any atom is -0.480 e. The fraction of sp³-hybridized carbons (Fsp3) is 0.652. The number of carbonyl (C=O) groups is 15. The minimum atomic E-state index is -1.81. The van der Waals surface area contributed by atoms with Crippen molar-refractivity contribution >= 4 is 107 Å². The van der Waals surface area contributed by atoms with Crippen molar-refractivity contribution in [1.82, 2.24) is 94.0 Å². The highest BCUT2D eigenvalue weighted by Gasteiger charge is 2.42. The fourth-order valence-electron chi connectivity index (χ4n) is 11.8. The number of carboxylic acid groups (broad SMARTS) is 1. The Morgan fingerprint density at radius 2 is 0.881 bits per heavy atom. The zero-order chi connectivity index (χ0) is 88.1. The topological polar surface area (TPSA) is 825 Å². The smallest absolute Gasteiger partial charge is 0.322 e. The van der Waals surface area contributed by atoms with Crippen LogP contribution in [0, 0.1) is 5.92 Å². The van der Waals surface area contributed by atoms with E-state index in [-0.39, 0.29) is 147 Å². The molecule has 3 rings (SSSR count). The summed E-state index contributed by atoms with van der Waals surface area (Å²) in [6, 6.07) is -19.2. The Bertz CT molecular complexity index is 3690. The van der Waals surface area contributed by atoms with Crippen LogP contribution in [0.5, 0.6) is 0 Å². The number of aromatic nitrogens is 4. The lowest BCUT2D eigenvalue weighted by Gasteiger charge is -2.31. The standard InChI is InChI=1S/C69H120N30O19/c1-35(2)52(64(116)92-42(16-10-22-82-68(75)76)57(109)85-30-51(104)105)97-63(115)49-18-12-24-99(49)66(118)45(17-11-23-83-69(77)78)94-61(113)47(31-100)96-59(111)43(13-5-7-19-70)90-54(106)36(3)88-60(112)46(26-39-28-80-34-87-39)89-50(103)29-84-56(108)41(15-9-21-81-67(73)74)91-58(110)44(14-6-8-20-71)93-65(117)53(37(4)102)98-62(114)48(32-101)95-55(107)40(72)25-38-27-79-33-86-38/h27-28,33-37,40-49,52-53,100-102H,5-26,29-32,70-72H2,1-4H3,(H,79,86)(H,80,87)(H,84,108)(H,85,109)(H,88,112)(H,89,103)(H,90,106)(H,91,110)(H,92,116)(H,93,117)(H,94,113)(H,95,107)(H,96,111)(H,97,115)(H,98,114)(H,104,105)(H4,73,74,81)(H4,75,76,82)(H4,77,78,83)/t36-,37+,40-,41-,42-,43-,44-,45-,46-,47-,48-,49-,52-,53-/m0/s1. The van der Waals surface area contributed by atoms with Crippen molar-refractivity contribution in [3.05, 3.63) is 36.4 Å². The molecule has 2 aromatic heterocycles. The molecule has 0 spiro atoms. The summed E-state index contributed by atoms with van der Waals surface area (Å²) < 4.78 is 0. The second kappa shape index (κ2) is 53.3. The number of hydrogen-bond donors (Lipinski definition) is 28. The molecule has 1 aliphatic heterocycles. The third-order valence-corrected chi connectivity index (χ3v) is 18.2. The molecule has 37 N–H and O–H groups in total. The van der Waals surface area contributed by atoms with Crippen molar-refractivity contribution in [1.29, 1.82) is 0 Å². The van der Waals surface area contributed by atoms with E-state index in [1.165, 1.54) is 36.9 Å². The number of aliphatic hydroxyl groups excluding tert-OH is 3. The number of nitrogens with one attached hydrogen (secondary N) is 15. The van der Waals surface area contributed by atoms with E-state index in [1.807, 2.05) is 0 Å². The van der Waals surface area contributed by atoms with Gasteiger partial charge < -0.3 is 156 Å². The number of unbranched alkanes of at least 4 members (excludes halogenated alkanes) is 2. The van der Waals surface area contributed by atoms with Gasteiger partial charge in [-0.25, -0.2) is 9.97 Å². The second-order valence-corrected chi connectivity index (χ2v) is 28.2. The van der Waals surface area contributed by atoms with E-state index < -0.39 is 206 Å². The van der Waals surface area contributed by atoms with E-state index in [2.05, 4.69) is 104 Å². The Labute approximate surface area is 680 Å². The Morgan fingerprint density at radius 1 is 0.475 bits per heavy atom. The lowest BCUT2D eigenvalue weighted by atomic mass is 10.0. The zero-order valence-corrected chi connectivity index (χ0v) is 66.6. The Balaban J connectivity index is 1.82. The summed E-state index contributed by atoms with van der Waals surface area (Å²) in [5, 5.41) is 72.5. The van der Waals surface area contributed by atoms with Gasteiger partial charge in [0.25, 0.3) is 0 Å². The van der Waals surface area contributed by atoms with Crippen LogP contribution < -0.4 is 121 Å².